The molecular formula is C53H54F4N8O6S2. The van der Waals surface area contributed by atoms with E-state index >= 15 is 4.39 Å². The number of hydrogen-bond donors (Lipinski definition) is 3. The second-order valence-electron chi connectivity index (χ2n) is 19.3. The van der Waals surface area contributed by atoms with E-state index in [4.69, 9.17) is 17.0 Å². The number of nitrogens with zero attached hydrogens (tertiary/aromatic N) is 5. The summed E-state index contributed by atoms with van der Waals surface area (Å²) in [7, 11) is 0. The van der Waals surface area contributed by atoms with Crippen molar-refractivity contribution in [1.29, 1.82) is 5.26 Å². The number of aromatic nitrogens is 1. The van der Waals surface area contributed by atoms with Gasteiger partial charge >= 0.3 is 6.18 Å². The lowest BCUT2D eigenvalue weighted by atomic mass is 9.85. The summed E-state index contributed by atoms with van der Waals surface area (Å²) in [6.07, 6.45) is -3.40. The summed E-state index contributed by atoms with van der Waals surface area (Å²) in [6, 6.07) is 21.6. The molecule has 0 saturated carbocycles. The van der Waals surface area contributed by atoms with Crippen molar-refractivity contribution < 1.29 is 46.3 Å². The summed E-state index contributed by atoms with van der Waals surface area (Å²) in [5.74, 6) is -2.56. The van der Waals surface area contributed by atoms with Gasteiger partial charge in [0.05, 0.1) is 57.8 Å². The number of hydrogen-bond acceptors (Lipinski definition) is 10. The first kappa shape index (κ1) is 53.6. The summed E-state index contributed by atoms with van der Waals surface area (Å²) in [6.45, 7) is 10.8. The second-order valence-corrected chi connectivity index (χ2v) is 20.5. The van der Waals surface area contributed by atoms with Crippen LogP contribution in [0.3, 0.4) is 0 Å². The topological polar surface area (TPSA) is 177 Å². The molecule has 0 aliphatic carbocycles. The van der Waals surface area contributed by atoms with Gasteiger partial charge in [0.25, 0.3) is 5.91 Å². The maximum Gasteiger partial charge on any atom is 0.417 e. The SMILES string of the molecule is Cc1ncsc1-c1ccc(CNC(=O)[C@@H]2CCCN2C(=O)[C@@H](NC(=O)CNC(=O)CCCOc2ccc(-c3ccc(N4C(=S)N(c5ccc(C#N)c(C(F)(F)F)c5)C(=O)C4(C)C)c(F)c3)cc2)C(C)(C)C)cc1. The van der Waals surface area contributed by atoms with Crippen molar-refractivity contribution >= 4 is 69.6 Å². The minimum atomic E-state index is -4.87. The molecule has 382 valence electrons. The van der Waals surface area contributed by atoms with Crippen LogP contribution in [-0.4, -0.2) is 81.9 Å². The molecule has 0 radical (unpaired) electrons. The minimum absolute atomic E-state index is 0.0435. The maximum absolute atomic E-state index is 15.9. The normalized spacial score (nSPS) is 16.0. The van der Waals surface area contributed by atoms with E-state index in [1.807, 2.05) is 52.0 Å². The Kier molecular flexibility index (Phi) is 16.0. The Labute approximate surface area is 429 Å². The number of anilines is 2. The van der Waals surface area contributed by atoms with Crippen LogP contribution in [0.15, 0.2) is 90.4 Å². The van der Waals surface area contributed by atoms with Crippen molar-refractivity contribution in [2.75, 3.05) is 29.5 Å². The van der Waals surface area contributed by atoms with Gasteiger partial charge in [0.2, 0.25) is 23.6 Å². The molecule has 1 aromatic heterocycles. The Bertz CT molecular complexity index is 2970. The quantitative estimate of drug-likeness (QED) is 0.0492. The van der Waals surface area contributed by atoms with E-state index < -0.39 is 63.9 Å². The van der Waals surface area contributed by atoms with E-state index in [2.05, 4.69) is 20.9 Å². The fourth-order valence-corrected chi connectivity index (χ4v) is 10.0. The molecule has 4 aromatic carbocycles. The van der Waals surface area contributed by atoms with Crippen molar-refractivity contribution in [2.24, 2.45) is 5.41 Å². The number of nitriles is 1. The van der Waals surface area contributed by atoms with Gasteiger partial charge in [0.15, 0.2) is 5.11 Å². The van der Waals surface area contributed by atoms with Crippen molar-refractivity contribution in [2.45, 2.75) is 97.6 Å². The van der Waals surface area contributed by atoms with Gasteiger partial charge in [-0.1, -0.05) is 63.2 Å². The van der Waals surface area contributed by atoms with Crippen LogP contribution >= 0.6 is 23.6 Å². The molecule has 7 rings (SSSR count). The van der Waals surface area contributed by atoms with Crippen molar-refractivity contribution in [3.8, 4) is 33.4 Å². The molecule has 0 spiro atoms. The van der Waals surface area contributed by atoms with Gasteiger partial charge in [-0.3, -0.25) is 28.9 Å². The highest BCUT2D eigenvalue weighted by atomic mass is 32.1. The van der Waals surface area contributed by atoms with Crippen LogP contribution in [0, 0.1) is 29.5 Å². The number of carbonyl (C=O) groups excluding carboxylic acids is 5. The predicted octanol–water partition coefficient (Wildman–Crippen LogP) is 8.85. The van der Waals surface area contributed by atoms with Crippen LogP contribution < -0.4 is 30.5 Å². The first-order chi connectivity index (χ1) is 34.5. The Morgan fingerprint density at radius 2 is 1.63 bits per heavy atom. The number of alkyl halides is 3. The van der Waals surface area contributed by atoms with E-state index in [0.29, 0.717) is 55.3 Å². The number of thiocarbonyl (C=S) groups is 1. The lowest BCUT2D eigenvalue weighted by Crippen LogP contribution is -2.58. The zero-order chi connectivity index (χ0) is 53.0. The van der Waals surface area contributed by atoms with E-state index in [0.717, 1.165) is 32.7 Å². The molecule has 0 unspecified atom stereocenters. The first-order valence-corrected chi connectivity index (χ1v) is 24.7. The Balaban J connectivity index is 0.861. The van der Waals surface area contributed by atoms with Crippen LogP contribution in [-0.2, 0) is 36.7 Å². The third-order valence-corrected chi connectivity index (χ3v) is 14.0. The average molecular weight is 1040 g/mol. The number of thiazole rings is 1. The molecule has 2 saturated heterocycles. The monoisotopic (exact) mass is 1040 g/mol. The average Bonchev–Trinajstić information content (AvgIpc) is 4.06. The molecule has 5 aromatic rings. The van der Waals surface area contributed by atoms with Crippen molar-refractivity contribution in [3.63, 3.8) is 0 Å². The summed E-state index contributed by atoms with van der Waals surface area (Å²) in [5, 5.41) is 17.3. The number of halogens is 4. The molecule has 2 aliphatic heterocycles. The third kappa shape index (κ3) is 12.0. The summed E-state index contributed by atoms with van der Waals surface area (Å²) in [5.41, 5.74) is 1.47. The van der Waals surface area contributed by atoms with E-state index in [-0.39, 0.29) is 47.9 Å². The molecular weight excluding hydrogens is 985 g/mol. The van der Waals surface area contributed by atoms with Crippen LogP contribution in [0.2, 0.25) is 0 Å². The zero-order valence-corrected chi connectivity index (χ0v) is 42.6. The highest BCUT2D eigenvalue weighted by molar-refractivity contribution is 7.81. The number of aryl methyl sites for hydroxylation is 1. The van der Waals surface area contributed by atoms with Crippen LogP contribution in [0.1, 0.15) is 82.7 Å². The molecule has 73 heavy (non-hydrogen) atoms. The molecule has 20 heteroatoms. The molecule has 5 amide bonds. The summed E-state index contributed by atoms with van der Waals surface area (Å²) >= 11 is 7.12. The standard InChI is InChI=1S/C53H54F4N8O6S2/c1-31-45(73-30-61-31)34-13-11-32(12-14-34)28-60-47(68)42-9-7-23-63(42)48(69)46(51(2,3)4)62-44(67)29-59-43(66)10-8-24-71-38-20-16-33(17-21-38)35-18-22-41(40(54)25-35)65-50(72)64(49(70)52(65,5)6)37-19-15-36(27-58)39(26-37)53(55,56)57/h11-22,25-26,30,42,46H,7-10,23-24,28-29H2,1-6H3,(H,59,66)(H,60,68)(H,62,67)/t42-,46+/m0/s1. The van der Waals surface area contributed by atoms with E-state index in [1.54, 1.807) is 47.2 Å². The van der Waals surface area contributed by atoms with Gasteiger partial charge in [-0.2, -0.15) is 18.4 Å². The zero-order valence-electron chi connectivity index (χ0n) is 41.0. The minimum Gasteiger partial charge on any atom is -0.494 e. The van der Waals surface area contributed by atoms with E-state index in [9.17, 15) is 42.4 Å². The largest absolute Gasteiger partial charge is 0.494 e. The molecule has 2 atom stereocenters. The smallest absolute Gasteiger partial charge is 0.417 e. The van der Waals surface area contributed by atoms with Crippen molar-refractivity contribution in [3.05, 3.63) is 119 Å². The Morgan fingerprint density at radius 1 is 0.945 bits per heavy atom. The molecule has 0 bridgehead atoms. The molecule has 2 fully saturated rings. The number of likely N-dealkylation sites (tertiary alicyclic amines) is 1. The van der Waals surface area contributed by atoms with Gasteiger partial charge < -0.3 is 30.5 Å². The first-order valence-electron chi connectivity index (χ1n) is 23.5. The number of carbonyl (C=O) groups is 5. The van der Waals surface area contributed by atoms with Crippen LogP contribution in [0.4, 0.5) is 28.9 Å². The van der Waals surface area contributed by atoms with Gasteiger partial charge in [0.1, 0.15) is 29.2 Å². The summed E-state index contributed by atoms with van der Waals surface area (Å²) in [4.78, 5) is 75.9. The van der Waals surface area contributed by atoms with Gasteiger partial charge in [0, 0.05) is 19.5 Å². The number of benzene rings is 4. The number of ether oxygens (including phenoxy) is 1. The molecule has 14 nitrogen and oxygen atoms in total. The number of amides is 5. The predicted molar refractivity (Wildman–Crippen MR) is 273 cm³/mol. The lowest BCUT2D eigenvalue weighted by molar-refractivity contribution is -0.143. The molecule has 2 aliphatic rings. The van der Waals surface area contributed by atoms with Crippen LogP contribution in [0.25, 0.3) is 21.6 Å². The van der Waals surface area contributed by atoms with Crippen LogP contribution in [0.5, 0.6) is 5.75 Å². The fraction of sp³-hybridized carbons (Fsp3) is 0.358. The second kappa shape index (κ2) is 21.9. The number of nitrogens with one attached hydrogen (secondary N) is 3. The lowest BCUT2D eigenvalue weighted by Gasteiger charge is -2.35. The third-order valence-electron chi connectivity index (χ3n) is 12.7. The molecule has 3 N–H and O–H groups in total. The highest BCUT2D eigenvalue weighted by Gasteiger charge is 2.51. The Morgan fingerprint density at radius 3 is 2.26 bits per heavy atom. The highest BCUT2D eigenvalue weighted by Crippen LogP contribution is 2.41. The molecule has 3 heterocycles. The van der Waals surface area contributed by atoms with Gasteiger partial charge in [-0.05, 0) is 122 Å². The van der Waals surface area contributed by atoms with E-state index in [1.165, 1.54) is 47.9 Å². The fourth-order valence-electron chi connectivity index (χ4n) is 8.72. The summed E-state index contributed by atoms with van der Waals surface area (Å²) < 4.78 is 63.1. The maximum atomic E-state index is 15.9. The Hall–Kier alpha value is -7.24. The van der Waals surface area contributed by atoms with Gasteiger partial charge in [-0.25, -0.2) is 9.37 Å². The number of rotatable bonds is 16. The van der Waals surface area contributed by atoms with Crippen molar-refractivity contribution in [1.82, 2.24) is 25.8 Å². The van der Waals surface area contributed by atoms with Gasteiger partial charge in [-0.15, -0.1) is 11.3 Å².